The second kappa shape index (κ2) is 8.21. The quantitative estimate of drug-likeness (QED) is 0.340. The molecule has 2 heterocycles. The zero-order valence-electron chi connectivity index (χ0n) is 17.1. The number of hydrogen-bond donors (Lipinski definition) is 3. The molecule has 3 N–H and O–H groups in total. The van der Waals surface area contributed by atoms with Crippen molar-refractivity contribution < 1.29 is 27.9 Å². The Morgan fingerprint density at radius 3 is 2.44 bits per heavy atom. The number of rotatable bonds is 9. The minimum Gasteiger partial charge on any atom is -0.423 e. The first kappa shape index (κ1) is 20.4. The number of aliphatic hydroxyl groups is 1. The van der Waals surface area contributed by atoms with Crippen LogP contribution in [0.3, 0.4) is 0 Å². The number of carbonyl (C=O) groups is 1. The van der Waals surface area contributed by atoms with Gasteiger partial charge in [-0.3, -0.25) is 10.1 Å². The zero-order chi connectivity index (χ0) is 22.1. The van der Waals surface area contributed by atoms with Crippen molar-refractivity contribution in [2.24, 2.45) is 0 Å². The largest absolute Gasteiger partial charge is 0.423 e. The van der Waals surface area contributed by atoms with Crippen LogP contribution in [0.15, 0.2) is 45.2 Å². The monoisotopic (exact) mass is 440 g/mol. The maximum Gasteiger partial charge on any atom is 0.303 e. The van der Waals surface area contributed by atoms with Gasteiger partial charge in [-0.1, -0.05) is 6.07 Å². The van der Waals surface area contributed by atoms with Crippen molar-refractivity contribution in [3.63, 3.8) is 0 Å². The van der Waals surface area contributed by atoms with E-state index in [1.807, 2.05) is 12.1 Å². The summed E-state index contributed by atoms with van der Waals surface area (Å²) in [5.41, 5.74) is 2.27. The lowest BCUT2D eigenvalue weighted by Crippen LogP contribution is -2.36. The van der Waals surface area contributed by atoms with Crippen LogP contribution >= 0.6 is 0 Å². The van der Waals surface area contributed by atoms with Gasteiger partial charge < -0.3 is 24.0 Å². The van der Waals surface area contributed by atoms with Gasteiger partial charge in [0, 0.05) is 12.6 Å². The van der Waals surface area contributed by atoms with E-state index in [4.69, 9.17) is 18.7 Å². The summed E-state index contributed by atoms with van der Waals surface area (Å²) < 4.78 is 29.8. The second-order valence-electron chi connectivity index (χ2n) is 7.63. The number of anilines is 2. The lowest BCUT2D eigenvalue weighted by atomic mass is 9.94. The molecule has 0 spiro atoms. The first-order valence-corrected chi connectivity index (χ1v) is 10.3. The average Bonchev–Trinajstić information content (AvgIpc) is 3.35. The smallest absolute Gasteiger partial charge is 0.303 e. The van der Waals surface area contributed by atoms with E-state index in [1.165, 1.54) is 18.2 Å². The van der Waals surface area contributed by atoms with Gasteiger partial charge in [0.15, 0.2) is 11.2 Å². The molecule has 0 saturated heterocycles. The fraction of sp³-hybridized carbons (Fsp3) is 0.318. The SMILES string of the molecule is O=C(NCCOCCO)C1(c2ccc3oc(Nc4nc5cc(F)ccc5o4)nc3c2)CC1. The summed E-state index contributed by atoms with van der Waals surface area (Å²) in [5, 5.41) is 14.5. The summed E-state index contributed by atoms with van der Waals surface area (Å²) in [7, 11) is 0. The molecule has 4 aromatic rings. The number of fused-ring (bicyclic) bond motifs is 2. The number of benzene rings is 2. The Morgan fingerprint density at radius 1 is 1.06 bits per heavy atom. The number of hydrogen-bond acceptors (Lipinski definition) is 8. The number of halogens is 1. The van der Waals surface area contributed by atoms with Crippen molar-refractivity contribution in [1.82, 2.24) is 15.3 Å². The predicted octanol–water partition coefficient (Wildman–Crippen LogP) is 3.01. The fourth-order valence-electron chi connectivity index (χ4n) is 3.67. The van der Waals surface area contributed by atoms with E-state index in [0.29, 0.717) is 35.4 Å². The number of aliphatic hydroxyl groups excluding tert-OH is 1. The highest BCUT2D eigenvalue weighted by Crippen LogP contribution is 2.49. The van der Waals surface area contributed by atoms with Crippen molar-refractivity contribution in [1.29, 1.82) is 0 Å². The van der Waals surface area contributed by atoms with Crippen LogP contribution in [0.25, 0.3) is 22.2 Å². The Bertz CT molecular complexity index is 1280. The van der Waals surface area contributed by atoms with E-state index in [9.17, 15) is 9.18 Å². The van der Waals surface area contributed by atoms with Gasteiger partial charge >= 0.3 is 12.0 Å². The van der Waals surface area contributed by atoms with Crippen LogP contribution in [0, 0.1) is 5.82 Å². The molecule has 166 valence electrons. The first-order valence-electron chi connectivity index (χ1n) is 10.3. The minimum absolute atomic E-state index is 0.0442. The maximum absolute atomic E-state index is 13.3. The second-order valence-corrected chi connectivity index (χ2v) is 7.63. The van der Waals surface area contributed by atoms with E-state index in [1.54, 1.807) is 6.07 Å². The lowest BCUT2D eigenvalue weighted by molar-refractivity contribution is -0.123. The molecule has 1 amide bonds. The minimum atomic E-state index is -0.567. The molecule has 2 aromatic carbocycles. The van der Waals surface area contributed by atoms with Crippen LogP contribution in [-0.2, 0) is 14.9 Å². The Hall–Kier alpha value is -3.50. The summed E-state index contributed by atoms with van der Waals surface area (Å²) in [6.07, 6.45) is 1.51. The Balaban J connectivity index is 1.31. The predicted molar refractivity (Wildman–Crippen MR) is 113 cm³/mol. The van der Waals surface area contributed by atoms with Crippen LogP contribution in [0.4, 0.5) is 16.4 Å². The molecule has 0 atom stereocenters. The van der Waals surface area contributed by atoms with Gasteiger partial charge in [0.1, 0.15) is 16.9 Å². The molecule has 32 heavy (non-hydrogen) atoms. The summed E-state index contributed by atoms with van der Waals surface area (Å²) in [4.78, 5) is 21.3. The van der Waals surface area contributed by atoms with Crippen molar-refractivity contribution >= 4 is 40.1 Å². The zero-order valence-corrected chi connectivity index (χ0v) is 17.1. The van der Waals surface area contributed by atoms with Gasteiger partial charge in [0.05, 0.1) is 25.2 Å². The summed E-state index contributed by atoms with van der Waals surface area (Å²) >= 11 is 0. The Labute approximate surface area is 181 Å². The number of amides is 1. The van der Waals surface area contributed by atoms with Gasteiger partial charge in [-0.25, -0.2) is 4.39 Å². The summed E-state index contributed by atoms with van der Waals surface area (Å²) in [6.45, 7) is 0.940. The summed E-state index contributed by atoms with van der Waals surface area (Å²) in [5.74, 6) is -0.451. The highest BCUT2D eigenvalue weighted by molar-refractivity contribution is 5.92. The molecule has 0 bridgehead atoms. The topological polar surface area (TPSA) is 123 Å². The molecule has 0 aliphatic heterocycles. The van der Waals surface area contributed by atoms with Gasteiger partial charge in [-0.2, -0.15) is 9.97 Å². The van der Waals surface area contributed by atoms with Gasteiger partial charge in [0.25, 0.3) is 0 Å². The Kier molecular flexibility index (Phi) is 5.24. The number of carbonyl (C=O) groups excluding carboxylic acids is 1. The van der Waals surface area contributed by atoms with Crippen molar-refractivity contribution in [3.05, 3.63) is 47.8 Å². The van der Waals surface area contributed by atoms with Gasteiger partial charge in [-0.05, 0) is 42.7 Å². The van der Waals surface area contributed by atoms with E-state index in [0.717, 1.165) is 18.4 Å². The maximum atomic E-state index is 13.3. The highest BCUT2D eigenvalue weighted by atomic mass is 19.1. The third-order valence-corrected chi connectivity index (χ3v) is 5.46. The number of nitrogens with one attached hydrogen (secondary N) is 2. The van der Waals surface area contributed by atoms with Crippen LogP contribution in [0.2, 0.25) is 0 Å². The van der Waals surface area contributed by atoms with E-state index >= 15 is 0 Å². The number of aromatic nitrogens is 2. The van der Waals surface area contributed by atoms with E-state index in [2.05, 4.69) is 20.6 Å². The van der Waals surface area contributed by atoms with E-state index < -0.39 is 11.2 Å². The molecule has 1 fully saturated rings. The van der Waals surface area contributed by atoms with Crippen LogP contribution in [0.5, 0.6) is 0 Å². The molecule has 0 unspecified atom stereocenters. The molecule has 1 aliphatic carbocycles. The standard InChI is InChI=1S/C22H21FN4O5/c23-14-2-4-18-16(12-14)26-21(32-18)27-20-25-15-11-13(1-3-17(15)31-20)22(5-6-22)19(29)24-7-9-30-10-8-28/h1-4,11-12,28H,5-10H2,(H,24,29)(H,25,26,27). The molecule has 9 nitrogen and oxygen atoms in total. The normalized spacial score (nSPS) is 14.7. The molecule has 10 heteroatoms. The molecular weight excluding hydrogens is 419 g/mol. The fourth-order valence-corrected chi connectivity index (χ4v) is 3.67. The van der Waals surface area contributed by atoms with Gasteiger partial charge in [-0.15, -0.1) is 0 Å². The van der Waals surface area contributed by atoms with Crippen molar-refractivity contribution in [2.45, 2.75) is 18.3 Å². The molecule has 5 rings (SSSR count). The van der Waals surface area contributed by atoms with Crippen molar-refractivity contribution in [2.75, 3.05) is 31.7 Å². The lowest BCUT2D eigenvalue weighted by Gasteiger charge is -2.15. The third-order valence-electron chi connectivity index (χ3n) is 5.46. The third kappa shape index (κ3) is 3.90. The molecule has 1 aliphatic rings. The van der Waals surface area contributed by atoms with Crippen LogP contribution < -0.4 is 10.6 Å². The molecule has 2 aromatic heterocycles. The average molecular weight is 440 g/mol. The molecular formula is C22H21FN4O5. The summed E-state index contributed by atoms with van der Waals surface area (Å²) in [6, 6.07) is 9.89. The number of nitrogens with zero attached hydrogens (tertiary/aromatic N) is 2. The first-order chi connectivity index (χ1) is 15.6. The number of ether oxygens (including phenoxy) is 1. The van der Waals surface area contributed by atoms with Crippen LogP contribution in [0.1, 0.15) is 18.4 Å². The highest BCUT2D eigenvalue weighted by Gasteiger charge is 2.51. The molecule has 0 radical (unpaired) electrons. The van der Waals surface area contributed by atoms with Gasteiger partial charge in [0.2, 0.25) is 5.91 Å². The molecule has 1 saturated carbocycles. The van der Waals surface area contributed by atoms with Crippen LogP contribution in [-0.4, -0.2) is 47.3 Å². The number of oxazole rings is 2. The Morgan fingerprint density at radius 2 is 1.75 bits per heavy atom. The van der Waals surface area contributed by atoms with Crippen molar-refractivity contribution in [3.8, 4) is 0 Å². The van der Waals surface area contributed by atoms with E-state index in [-0.39, 0.29) is 31.2 Å².